The average molecular weight is 275 g/mol. The molecule has 0 spiro atoms. The monoisotopic (exact) mass is 275 g/mol. The summed E-state index contributed by atoms with van der Waals surface area (Å²) in [6.07, 6.45) is 0. The molecule has 0 bridgehead atoms. The normalized spacial score (nSPS) is 0. The third kappa shape index (κ3) is 10.0. The first kappa shape index (κ1) is 53.8. The fourth-order valence-electron chi connectivity index (χ4n) is 0. The van der Waals surface area contributed by atoms with Crippen LogP contribution < -0.4 is 0 Å². The maximum Gasteiger partial charge on any atom is 4.00 e. The van der Waals surface area contributed by atoms with E-state index in [1.807, 2.05) is 0 Å². The Kier molecular flexibility index (Phi) is 352. The van der Waals surface area contributed by atoms with Crippen molar-refractivity contribution in [3.63, 3.8) is 0 Å². The molecule has 0 aliphatic heterocycles. The molecule has 0 aromatic heterocycles. The molecule has 0 saturated heterocycles. The first-order chi connectivity index (χ1) is 0. The predicted molar refractivity (Wildman–Crippen MR) is 21.5 cm³/mol. The minimum atomic E-state index is 0. The minimum absolute atomic E-state index is 0. The van der Waals surface area contributed by atoms with Crippen LogP contribution in [0.25, 0.3) is 0 Å². The molecule has 0 aromatic carbocycles. The summed E-state index contributed by atoms with van der Waals surface area (Å²) in [6.45, 7) is 0. The zero-order valence-electron chi connectivity index (χ0n) is 1.13. The average Bonchev–Trinajstić information content (AvgIpc) is 0. The van der Waals surface area contributed by atoms with Crippen LogP contribution in [0.1, 0.15) is 7.43 Å². The van der Waals surface area contributed by atoms with E-state index in [1.54, 1.807) is 0 Å². The van der Waals surface area contributed by atoms with Crippen LogP contribution in [0.4, 0.5) is 0 Å². The van der Waals surface area contributed by atoms with Gasteiger partial charge in [0, 0.05) is 0 Å². The molecule has 0 fully saturated rings. The van der Waals surface area contributed by atoms with Gasteiger partial charge in [0.25, 0.3) is 0 Å². The molecule has 0 aliphatic carbocycles. The molecular weight excluding hydrogens is 271 g/mol. The largest absolute Gasteiger partial charge is 4.00 e. The summed E-state index contributed by atoms with van der Waals surface area (Å²) in [4.78, 5) is 0. The first-order valence-electron chi connectivity index (χ1n) is 0. The minimum Gasteiger partial charge on any atom is -2.00 e. The molecule has 0 unspecified atom stereocenters. The van der Waals surface area contributed by atoms with Crippen molar-refractivity contribution >= 4 is 27.0 Å². The summed E-state index contributed by atoms with van der Waals surface area (Å²) in [5.74, 6) is 0. The molecule has 0 saturated carbocycles. The van der Waals surface area contributed by atoms with Crippen molar-refractivity contribution in [1.82, 2.24) is 0 Å². The molecule has 0 amide bonds. The number of hydrogen-bond donors (Lipinski definition) is 0. The van der Waals surface area contributed by atoms with Crippen LogP contribution >= 0.6 is 0 Å². The van der Waals surface area contributed by atoms with Crippen LogP contribution in [-0.4, -0.2) is 0 Å². The van der Waals surface area contributed by atoms with Gasteiger partial charge in [0.15, 0.2) is 0 Å². The zero-order chi connectivity index (χ0) is 0. The molecule has 30 valence electrons. The maximum atomic E-state index is 0. The molecule has 0 aromatic rings. The van der Waals surface area contributed by atoms with Crippen molar-refractivity contribution < 1.29 is 21.1 Å². The second-order valence-electron chi connectivity index (χ2n) is 0. The van der Waals surface area contributed by atoms with Gasteiger partial charge in [-0.15, -0.1) is 0 Å². The Morgan fingerprint density at radius 2 is 0.750 bits per heavy atom. The second kappa shape index (κ2) is 26.1. The molecule has 0 rings (SSSR count). The van der Waals surface area contributed by atoms with Crippen molar-refractivity contribution in [2.24, 2.45) is 0 Å². The van der Waals surface area contributed by atoms with E-state index in [4.69, 9.17) is 0 Å². The van der Waals surface area contributed by atoms with E-state index >= 15 is 0 Å². The van der Waals surface area contributed by atoms with E-state index in [0.717, 1.165) is 0 Å². The summed E-state index contributed by atoms with van der Waals surface area (Å²) < 4.78 is 0. The van der Waals surface area contributed by atoms with Crippen LogP contribution in [0.2, 0.25) is 0 Å². The second-order valence-corrected chi connectivity index (χ2v) is 0. The van der Waals surface area contributed by atoms with Crippen LogP contribution in [0.3, 0.4) is 0 Å². The molecule has 0 N–H and O–H groups in total. The summed E-state index contributed by atoms with van der Waals surface area (Å²) in [6, 6.07) is 0. The van der Waals surface area contributed by atoms with Gasteiger partial charge >= 0.3 is 21.1 Å². The molecule has 0 nitrogen and oxygen atoms in total. The summed E-state index contributed by atoms with van der Waals surface area (Å²) in [7, 11) is 0. The van der Waals surface area contributed by atoms with E-state index in [2.05, 4.69) is 0 Å². The van der Waals surface area contributed by atoms with Gasteiger partial charge in [-0.1, -0.05) is 7.43 Å². The van der Waals surface area contributed by atoms with Gasteiger partial charge in [0.1, 0.15) is 0 Å². The standard InChI is InChI=1S/CH4.Pt.2S/h1H4;;;/q;+4;2*-2. The van der Waals surface area contributed by atoms with Crippen LogP contribution in [0.5, 0.6) is 0 Å². The van der Waals surface area contributed by atoms with Gasteiger partial charge in [-0.05, 0) is 0 Å². The van der Waals surface area contributed by atoms with E-state index in [-0.39, 0.29) is 55.5 Å². The van der Waals surface area contributed by atoms with Crippen LogP contribution in [0, 0.1) is 0 Å². The molecule has 0 atom stereocenters. The Labute approximate surface area is 55.5 Å². The quantitative estimate of drug-likeness (QED) is 0.608. The van der Waals surface area contributed by atoms with Crippen LogP contribution in [0.15, 0.2) is 0 Å². The van der Waals surface area contributed by atoms with Crippen molar-refractivity contribution in [3.05, 3.63) is 0 Å². The SMILES string of the molecule is C.[Pt+4].[S-2].[S-2]. The van der Waals surface area contributed by atoms with Gasteiger partial charge in [0.2, 0.25) is 0 Å². The van der Waals surface area contributed by atoms with Crippen LogP contribution in [-0.2, 0) is 48.1 Å². The van der Waals surface area contributed by atoms with E-state index in [9.17, 15) is 0 Å². The Hall–Kier alpha value is 1.39. The van der Waals surface area contributed by atoms with Gasteiger partial charge in [-0.3, -0.25) is 0 Å². The third-order valence-electron chi connectivity index (χ3n) is 0. The Balaban J connectivity index is 0. The van der Waals surface area contributed by atoms with Gasteiger partial charge in [-0.2, -0.15) is 0 Å². The Bertz CT molecular complexity index is 6.00. The molecular formula is CH4PtS2. The summed E-state index contributed by atoms with van der Waals surface area (Å²) in [5.41, 5.74) is 0. The maximum absolute atomic E-state index is 0. The summed E-state index contributed by atoms with van der Waals surface area (Å²) in [5, 5.41) is 0. The molecule has 0 radical (unpaired) electrons. The number of rotatable bonds is 0. The van der Waals surface area contributed by atoms with Crippen molar-refractivity contribution in [1.29, 1.82) is 0 Å². The Morgan fingerprint density at radius 1 is 0.750 bits per heavy atom. The molecule has 0 aliphatic rings. The smallest absolute Gasteiger partial charge is 2.00 e. The topological polar surface area (TPSA) is 0 Å². The molecule has 4 heavy (non-hydrogen) atoms. The van der Waals surface area contributed by atoms with Gasteiger partial charge < -0.3 is 27.0 Å². The first-order valence-corrected chi connectivity index (χ1v) is 0. The summed E-state index contributed by atoms with van der Waals surface area (Å²) >= 11 is 0. The fraction of sp³-hybridized carbons (Fsp3) is 1.00. The third-order valence-corrected chi connectivity index (χ3v) is 0. The predicted octanol–water partition coefficient (Wildman–Crippen LogP) is 0.629. The van der Waals surface area contributed by atoms with Gasteiger partial charge in [0.05, 0.1) is 0 Å². The van der Waals surface area contributed by atoms with E-state index in [1.165, 1.54) is 0 Å². The van der Waals surface area contributed by atoms with Crippen molar-refractivity contribution in [3.8, 4) is 0 Å². The molecule has 3 heteroatoms. The van der Waals surface area contributed by atoms with Crippen molar-refractivity contribution in [2.45, 2.75) is 7.43 Å². The van der Waals surface area contributed by atoms with Gasteiger partial charge in [-0.25, -0.2) is 0 Å². The zero-order valence-corrected chi connectivity index (χ0v) is 5.04. The molecule has 0 heterocycles. The van der Waals surface area contributed by atoms with E-state index < -0.39 is 0 Å². The Morgan fingerprint density at radius 3 is 0.750 bits per heavy atom. The van der Waals surface area contributed by atoms with Crippen molar-refractivity contribution in [2.75, 3.05) is 0 Å². The van der Waals surface area contributed by atoms with E-state index in [0.29, 0.717) is 0 Å². The fourth-order valence-corrected chi connectivity index (χ4v) is 0. The number of hydrogen-bond acceptors (Lipinski definition) is 0.